The minimum atomic E-state index is -2.39. The summed E-state index contributed by atoms with van der Waals surface area (Å²) in [6.45, 7) is 4.42. The Balaban J connectivity index is 1.95. The molecule has 2 aromatic heterocycles. The third-order valence-corrected chi connectivity index (χ3v) is 3.19. The number of hydrogen-bond donors (Lipinski definition) is 1. The SMILES string of the molecule is CC[C@@H](C)n1nccc1CNc1cnn(CC(F)F)c1. The van der Waals surface area contributed by atoms with Gasteiger partial charge in [-0.05, 0) is 19.4 Å². The van der Waals surface area contributed by atoms with Crippen molar-refractivity contribution in [2.45, 2.75) is 45.8 Å². The molecule has 20 heavy (non-hydrogen) atoms. The molecule has 0 unspecified atom stereocenters. The summed E-state index contributed by atoms with van der Waals surface area (Å²) >= 11 is 0. The van der Waals surface area contributed by atoms with Crippen molar-refractivity contribution in [1.82, 2.24) is 19.6 Å². The highest BCUT2D eigenvalue weighted by molar-refractivity contribution is 5.38. The highest BCUT2D eigenvalue weighted by Crippen LogP contribution is 2.14. The third kappa shape index (κ3) is 3.55. The van der Waals surface area contributed by atoms with E-state index in [2.05, 4.69) is 29.4 Å². The molecule has 0 bridgehead atoms. The van der Waals surface area contributed by atoms with Crippen LogP contribution in [-0.4, -0.2) is 26.0 Å². The predicted octanol–water partition coefficient (Wildman–Crippen LogP) is 2.93. The molecule has 7 heteroatoms. The van der Waals surface area contributed by atoms with Crippen molar-refractivity contribution >= 4 is 5.69 Å². The Morgan fingerprint density at radius 1 is 1.35 bits per heavy atom. The maximum Gasteiger partial charge on any atom is 0.257 e. The second-order valence-electron chi connectivity index (χ2n) is 4.72. The molecule has 2 aromatic rings. The number of halogens is 2. The normalized spacial score (nSPS) is 12.8. The molecule has 110 valence electrons. The van der Waals surface area contributed by atoms with E-state index in [4.69, 9.17) is 0 Å². The molecule has 1 N–H and O–H groups in total. The molecule has 0 fully saturated rings. The molecule has 0 saturated heterocycles. The number of aromatic nitrogens is 4. The van der Waals surface area contributed by atoms with Gasteiger partial charge >= 0.3 is 0 Å². The molecule has 0 amide bonds. The lowest BCUT2D eigenvalue weighted by Gasteiger charge is -2.14. The van der Waals surface area contributed by atoms with Crippen molar-refractivity contribution in [2.24, 2.45) is 0 Å². The van der Waals surface area contributed by atoms with E-state index in [0.29, 0.717) is 12.6 Å². The topological polar surface area (TPSA) is 47.7 Å². The Morgan fingerprint density at radius 3 is 2.85 bits per heavy atom. The van der Waals surface area contributed by atoms with Gasteiger partial charge in [-0.1, -0.05) is 6.92 Å². The van der Waals surface area contributed by atoms with Crippen LogP contribution in [0.4, 0.5) is 14.5 Å². The van der Waals surface area contributed by atoms with Crippen molar-refractivity contribution in [3.05, 3.63) is 30.4 Å². The lowest BCUT2D eigenvalue weighted by Crippen LogP contribution is -2.12. The van der Waals surface area contributed by atoms with Gasteiger partial charge in [-0.25, -0.2) is 8.78 Å². The summed E-state index contributed by atoms with van der Waals surface area (Å²) in [6, 6.07) is 2.28. The van der Waals surface area contributed by atoms with Gasteiger partial charge in [-0.2, -0.15) is 10.2 Å². The molecule has 0 radical (unpaired) electrons. The van der Waals surface area contributed by atoms with Gasteiger partial charge in [0.2, 0.25) is 0 Å². The van der Waals surface area contributed by atoms with Crippen LogP contribution >= 0.6 is 0 Å². The van der Waals surface area contributed by atoms with E-state index in [1.165, 1.54) is 4.68 Å². The molecular weight excluding hydrogens is 264 g/mol. The number of alkyl halides is 2. The Morgan fingerprint density at radius 2 is 2.15 bits per heavy atom. The number of hydrogen-bond acceptors (Lipinski definition) is 3. The molecule has 0 aromatic carbocycles. The molecule has 0 aliphatic carbocycles. The monoisotopic (exact) mass is 283 g/mol. The quantitative estimate of drug-likeness (QED) is 0.850. The maximum absolute atomic E-state index is 12.2. The molecule has 0 saturated carbocycles. The smallest absolute Gasteiger partial charge is 0.257 e. The second kappa shape index (κ2) is 6.49. The highest BCUT2D eigenvalue weighted by Gasteiger charge is 2.09. The van der Waals surface area contributed by atoms with Gasteiger partial charge in [0.25, 0.3) is 6.43 Å². The Hall–Kier alpha value is -1.92. The first-order valence-electron chi connectivity index (χ1n) is 6.67. The standard InChI is InChI=1S/C13H19F2N5/c1-3-10(2)20-12(4-5-17-20)7-16-11-6-18-19(8-11)9-13(14)15/h4-6,8,10,13,16H,3,7,9H2,1-2H3/t10-/m1/s1. The van der Waals surface area contributed by atoms with Gasteiger partial charge in [-0.15, -0.1) is 0 Å². The van der Waals surface area contributed by atoms with Crippen LogP contribution in [-0.2, 0) is 13.1 Å². The molecular formula is C13H19F2N5. The van der Waals surface area contributed by atoms with E-state index >= 15 is 0 Å². The maximum atomic E-state index is 12.2. The fourth-order valence-electron chi connectivity index (χ4n) is 1.94. The minimum Gasteiger partial charge on any atom is -0.377 e. The van der Waals surface area contributed by atoms with Crippen LogP contribution in [0.3, 0.4) is 0 Å². The minimum absolute atomic E-state index is 0.336. The summed E-state index contributed by atoms with van der Waals surface area (Å²) in [4.78, 5) is 0. The molecule has 0 aliphatic heterocycles. The van der Waals surface area contributed by atoms with Crippen molar-refractivity contribution in [2.75, 3.05) is 5.32 Å². The molecule has 2 rings (SSSR count). The molecule has 2 heterocycles. The van der Waals surface area contributed by atoms with Crippen molar-refractivity contribution in [1.29, 1.82) is 0 Å². The summed E-state index contributed by atoms with van der Waals surface area (Å²) in [5.41, 5.74) is 1.78. The van der Waals surface area contributed by atoms with Crippen molar-refractivity contribution < 1.29 is 8.78 Å². The second-order valence-corrected chi connectivity index (χ2v) is 4.72. The third-order valence-electron chi connectivity index (χ3n) is 3.19. The van der Waals surface area contributed by atoms with E-state index in [-0.39, 0.29) is 6.54 Å². The zero-order chi connectivity index (χ0) is 14.5. The number of nitrogens with zero attached hydrogens (tertiary/aromatic N) is 4. The van der Waals surface area contributed by atoms with Crippen molar-refractivity contribution in [3.63, 3.8) is 0 Å². The van der Waals surface area contributed by atoms with E-state index in [1.807, 2.05) is 10.7 Å². The van der Waals surface area contributed by atoms with E-state index in [9.17, 15) is 8.78 Å². The van der Waals surface area contributed by atoms with E-state index < -0.39 is 6.43 Å². The van der Waals surface area contributed by atoms with E-state index in [0.717, 1.165) is 17.8 Å². The Bertz CT molecular complexity index is 534. The summed E-state index contributed by atoms with van der Waals surface area (Å²) < 4.78 is 27.7. The first-order chi connectivity index (χ1) is 9.60. The average molecular weight is 283 g/mol. The van der Waals surface area contributed by atoms with Crippen LogP contribution in [0.15, 0.2) is 24.7 Å². The first-order valence-corrected chi connectivity index (χ1v) is 6.67. The predicted molar refractivity (Wildman–Crippen MR) is 72.8 cm³/mol. The first kappa shape index (κ1) is 14.5. The average Bonchev–Trinajstić information content (AvgIpc) is 3.03. The fraction of sp³-hybridized carbons (Fsp3) is 0.538. The van der Waals surface area contributed by atoms with Crippen LogP contribution < -0.4 is 5.32 Å². The van der Waals surface area contributed by atoms with E-state index in [1.54, 1.807) is 18.6 Å². The van der Waals surface area contributed by atoms with Gasteiger partial charge in [0.15, 0.2) is 0 Å². The van der Waals surface area contributed by atoms with Gasteiger partial charge in [0, 0.05) is 18.4 Å². The summed E-state index contributed by atoms with van der Waals surface area (Å²) in [5.74, 6) is 0. The number of rotatable bonds is 7. The largest absolute Gasteiger partial charge is 0.377 e. The molecule has 0 spiro atoms. The zero-order valence-electron chi connectivity index (χ0n) is 11.6. The molecule has 0 aliphatic rings. The zero-order valence-corrected chi connectivity index (χ0v) is 11.6. The number of anilines is 1. The summed E-state index contributed by atoms with van der Waals surface area (Å²) in [6.07, 6.45) is 3.50. The van der Waals surface area contributed by atoms with Crippen LogP contribution in [0.25, 0.3) is 0 Å². The van der Waals surface area contributed by atoms with Crippen LogP contribution in [0.2, 0.25) is 0 Å². The summed E-state index contributed by atoms with van der Waals surface area (Å²) in [7, 11) is 0. The van der Waals surface area contributed by atoms with Gasteiger partial charge in [-0.3, -0.25) is 9.36 Å². The summed E-state index contributed by atoms with van der Waals surface area (Å²) in [5, 5.41) is 11.4. The lowest BCUT2D eigenvalue weighted by atomic mass is 10.2. The van der Waals surface area contributed by atoms with Crippen LogP contribution in [0.1, 0.15) is 32.0 Å². The number of nitrogens with one attached hydrogen (secondary N) is 1. The van der Waals surface area contributed by atoms with Crippen molar-refractivity contribution in [3.8, 4) is 0 Å². The Kier molecular flexibility index (Phi) is 4.70. The Labute approximate surface area is 116 Å². The van der Waals surface area contributed by atoms with Crippen LogP contribution in [0.5, 0.6) is 0 Å². The fourth-order valence-corrected chi connectivity index (χ4v) is 1.94. The lowest BCUT2D eigenvalue weighted by molar-refractivity contribution is 0.122. The molecule has 1 atom stereocenters. The van der Waals surface area contributed by atoms with Gasteiger partial charge in [0.1, 0.15) is 6.54 Å². The highest BCUT2D eigenvalue weighted by atomic mass is 19.3. The van der Waals surface area contributed by atoms with Gasteiger partial charge < -0.3 is 5.32 Å². The molecule has 5 nitrogen and oxygen atoms in total. The van der Waals surface area contributed by atoms with Crippen LogP contribution in [0, 0.1) is 0 Å². The van der Waals surface area contributed by atoms with Gasteiger partial charge in [0.05, 0.1) is 24.1 Å².